The zero-order valence-electron chi connectivity index (χ0n) is 8.55. The van der Waals surface area contributed by atoms with Gasteiger partial charge < -0.3 is 10.0 Å². The van der Waals surface area contributed by atoms with Gasteiger partial charge in [0.1, 0.15) is 0 Å². The van der Waals surface area contributed by atoms with Crippen LogP contribution in [-0.2, 0) is 4.79 Å². The number of aliphatic carboxylic acids is 1. The molecule has 0 aliphatic rings. The van der Waals surface area contributed by atoms with Crippen LogP contribution >= 0.6 is 0 Å². The third kappa shape index (κ3) is 9.08. The Bertz CT molecular complexity index is 178. The van der Waals surface area contributed by atoms with E-state index in [1.807, 2.05) is 14.0 Å². The number of rotatable bonds is 7. The lowest BCUT2D eigenvalue weighted by Crippen LogP contribution is -2.21. The van der Waals surface area contributed by atoms with E-state index in [0.29, 0.717) is 0 Å². The first-order valence-corrected chi connectivity index (χ1v) is 4.57. The Morgan fingerprint density at radius 1 is 1.38 bits per heavy atom. The van der Waals surface area contributed by atoms with Crippen LogP contribution in [-0.4, -0.2) is 36.1 Å². The lowest BCUT2D eigenvalue weighted by Gasteiger charge is -2.15. The van der Waals surface area contributed by atoms with Crippen molar-refractivity contribution in [3.05, 3.63) is 12.2 Å². The van der Waals surface area contributed by atoms with Gasteiger partial charge in [-0.25, -0.2) is 0 Å². The van der Waals surface area contributed by atoms with Gasteiger partial charge in [0.15, 0.2) is 0 Å². The van der Waals surface area contributed by atoms with Gasteiger partial charge in [0.25, 0.3) is 0 Å². The Hall–Kier alpha value is -0.830. The number of hydrogen-bond donors (Lipinski definition) is 1. The second kappa shape index (κ2) is 6.66. The molecule has 3 nitrogen and oxygen atoms in total. The minimum absolute atomic E-state index is 0.261. The molecule has 0 saturated heterocycles. The fraction of sp³-hybridized carbons (Fsp3) is 0.700. The summed E-state index contributed by atoms with van der Waals surface area (Å²) >= 11 is 0. The van der Waals surface area contributed by atoms with Crippen molar-refractivity contribution in [2.75, 3.05) is 20.1 Å². The fourth-order valence-electron chi connectivity index (χ4n) is 0.994. The van der Waals surface area contributed by atoms with Crippen LogP contribution in [0.3, 0.4) is 0 Å². The number of nitrogens with zero attached hydrogens (tertiary/aromatic N) is 1. The van der Waals surface area contributed by atoms with Crippen molar-refractivity contribution in [3.63, 3.8) is 0 Å². The summed E-state index contributed by atoms with van der Waals surface area (Å²) in [5.74, 6) is -0.715. The van der Waals surface area contributed by atoms with Gasteiger partial charge >= 0.3 is 5.97 Å². The van der Waals surface area contributed by atoms with E-state index in [-0.39, 0.29) is 6.42 Å². The van der Waals surface area contributed by atoms with Gasteiger partial charge in [-0.1, -0.05) is 5.57 Å². The van der Waals surface area contributed by atoms with Crippen LogP contribution in [0.4, 0.5) is 0 Å². The van der Waals surface area contributed by atoms with Crippen LogP contribution in [0.1, 0.15) is 26.2 Å². The van der Waals surface area contributed by atoms with Crippen LogP contribution in [0.2, 0.25) is 0 Å². The molecular weight excluding hydrogens is 166 g/mol. The van der Waals surface area contributed by atoms with Gasteiger partial charge in [0.2, 0.25) is 0 Å². The molecule has 0 radical (unpaired) electrons. The summed E-state index contributed by atoms with van der Waals surface area (Å²) in [5, 5.41) is 8.41. The van der Waals surface area contributed by atoms with Gasteiger partial charge in [-0.05, 0) is 33.4 Å². The molecule has 0 unspecified atom stereocenters. The van der Waals surface area contributed by atoms with Crippen molar-refractivity contribution in [2.24, 2.45) is 0 Å². The highest BCUT2D eigenvalue weighted by Crippen LogP contribution is 1.99. The first-order chi connectivity index (χ1) is 6.02. The summed E-state index contributed by atoms with van der Waals surface area (Å²) in [6, 6.07) is 0. The molecule has 76 valence electrons. The Balaban J connectivity index is 3.35. The second-order valence-electron chi connectivity index (χ2n) is 3.51. The average Bonchev–Trinajstić information content (AvgIpc) is 2.00. The Labute approximate surface area is 80.0 Å². The first kappa shape index (κ1) is 12.2. The lowest BCUT2D eigenvalue weighted by atomic mass is 10.2. The highest BCUT2D eigenvalue weighted by atomic mass is 16.4. The van der Waals surface area contributed by atoms with E-state index in [9.17, 15) is 4.79 Å². The maximum absolute atomic E-state index is 10.2. The molecule has 0 aliphatic heterocycles. The topological polar surface area (TPSA) is 40.5 Å². The zero-order valence-corrected chi connectivity index (χ0v) is 8.55. The largest absolute Gasteiger partial charge is 0.481 e. The first-order valence-electron chi connectivity index (χ1n) is 4.57. The highest BCUT2D eigenvalue weighted by molar-refractivity contribution is 5.66. The Kier molecular flexibility index (Phi) is 6.24. The third-order valence-corrected chi connectivity index (χ3v) is 1.85. The third-order valence-electron chi connectivity index (χ3n) is 1.85. The molecule has 0 amide bonds. The van der Waals surface area contributed by atoms with Crippen molar-refractivity contribution in [1.29, 1.82) is 0 Å². The summed E-state index contributed by atoms with van der Waals surface area (Å²) in [4.78, 5) is 12.4. The standard InChI is InChI=1S/C10H19NO2/c1-9(2)6-8-11(3)7-4-5-10(12)13/h1,4-8H2,2-3H3,(H,12,13). The molecule has 1 N–H and O–H groups in total. The Morgan fingerprint density at radius 3 is 2.46 bits per heavy atom. The number of hydrogen-bond acceptors (Lipinski definition) is 2. The molecule has 0 aromatic rings. The predicted molar refractivity (Wildman–Crippen MR) is 53.8 cm³/mol. The summed E-state index contributed by atoms with van der Waals surface area (Å²) < 4.78 is 0. The minimum Gasteiger partial charge on any atom is -0.481 e. The average molecular weight is 185 g/mol. The quantitative estimate of drug-likeness (QED) is 0.614. The summed E-state index contributed by atoms with van der Waals surface area (Å²) in [6.45, 7) is 7.63. The predicted octanol–water partition coefficient (Wildman–Crippen LogP) is 1.75. The number of carboxylic acid groups (broad SMARTS) is 1. The minimum atomic E-state index is -0.715. The normalized spacial score (nSPS) is 10.4. The molecular formula is C10H19NO2. The molecule has 3 heteroatoms. The van der Waals surface area contributed by atoms with Crippen molar-refractivity contribution >= 4 is 5.97 Å². The summed E-state index contributed by atoms with van der Waals surface area (Å²) in [5.41, 5.74) is 1.17. The van der Waals surface area contributed by atoms with Crippen LogP contribution < -0.4 is 0 Å². The van der Waals surface area contributed by atoms with Gasteiger partial charge in [-0.3, -0.25) is 4.79 Å². The summed E-state index contributed by atoms with van der Waals surface area (Å²) in [7, 11) is 2.00. The van der Waals surface area contributed by atoms with Gasteiger partial charge in [-0.2, -0.15) is 0 Å². The van der Waals surface area contributed by atoms with Crippen molar-refractivity contribution < 1.29 is 9.90 Å². The molecule has 13 heavy (non-hydrogen) atoms. The van der Waals surface area contributed by atoms with E-state index < -0.39 is 5.97 Å². The smallest absolute Gasteiger partial charge is 0.303 e. The van der Waals surface area contributed by atoms with Crippen molar-refractivity contribution in [3.8, 4) is 0 Å². The van der Waals surface area contributed by atoms with Gasteiger partial charge in [0, 0.05) is 13.0 Å². The van der Waals surface area contributed by atoms with Crippen molar-refractivity contribution in [2.45, 2.75) is 26.2 Å². The van der Waals surface area contributed by atoms with E-state index in [2.05, 4.69) is 11.5 Å². The molecule has 0 aliphatic carbocycles. The van der Waals surface area contributed by atoms with Crippen LogP contribution in [0.15, 0.2) is 12.2 Å². The Morgan fingerprint density at radius 2 is 2.00 bits per heavy atom. The SMILES string of the molecule is C=C(C)CCN(C)CCCC(=O)O. The summed E-state index contributed by atoms with van der Waals surface area (Å²) in [6.07, 6.45) is 1.98. The second-order valence-corrected chi connectivity index (χ2v) is 3.51. The number of carbonyl (C=O) groups is 1. The van der Waals surface area contributed by atoms with Crippen molar-refractivity contribution in [1.82, 2.24) is 4.90 Å². The lowest BCUT2D eigenvalue weighted by molar-refractivity contribution is -0.137. The molecule has 0 rings (SSSR count). The van der Waals surface area contributed by atoms with E-state index in [1.165, 1.54) is 5.57 Å². The number of carboxylic acids is 1. The van der Waals surface area contributed by atoms with E-state index in [0.717, 1.165) is 25.9 Å². The zero-order chi connectivity index (χ0) is 10.3. The van der Waals surface area contributed by atoms with E-state index in [4.69, 9.17) is 5.11 Å². The van der Waals surface area contributed by atoms with Crippen LogP contribution in [0.5, 0.6) is 0 Å². The molecule has 0 fully saturated rings. The van der Waals surface area contributed by atoms with E-state index >= 15 is 0 Å². The van der Waals surface area contributed by atoms with Gasteiger partial charge in [-0.15, -0.1) is 6.58 Å². The van der Waals surface area contributed by atoms with E-state index in [1.54, 1.807) is 0 Å². The molecule has 0 atom stereocenters. The molecule has 0 saturated carbocycles. The van der Waals surface area contributed by atoms with Crippen LogP contribution in [0, 0.1) is 0 Å². The molecule has 0 aromatic carbocycles. The highest BCUT2D eigenvalue weighted by Gasteiger charge is 2.00. The van der Waals surface area contributed by atoms with Gasteiger partial charge in [0.05, 0.1) is 0 Å². The van der Waals surface area contributed by atoms with Crippen LogP contribution in [0.25, 0.3) is 0 Å². The molecule has 0 bridgehead atoms. The molecule has 0 aromatic heterocycles. The molecule has 0 heterocycles. The fourth-order valence-corrected chi connectivity index (χ4v) is 0.994. The maximum Gasteiger partial charge on any atom is 0.303 e. The maximum atomic E-state index is 10.2. The monoisotopic (exact) mass is 185 g/mol. The molecule has 0 spiro atoms.